The molecule has 0 saturated carbocycles. The summed E-state index contributed by atoms with van der Waals surface area (Å²) in [4.78, 5) is 23.0. The van der Waals surface area contributed by atoms with Gasteiger partial charge in [0.1, 0.15) is 0 Å². The monoisotopic (exact) mass is 310 g/mol. The predicted molar refractivity (Wildman–Crippen MR) is 87.4 cm³/mol. The van der Waals surface area contributed by atoms with Crippen LogP contribution in [0.5, 0.6) is 0 Å². The fourth-order valence-corrected chi connectivity index (χ4v) is 2.63. The van der Waals surface area contributed by atoms with E-state index < -0.39 is 5.97 Å². The molecule has 116 valence electrons. The molecule has 0 saturated heterocycles. The minimum Gasteiger partial charge on any atom is -0.478 e. The molecule has 1 atom stereocenters. The molecule has 0 aliphatic rings. The Balaban J connectivity index is 2.70. The van der Waals surface area contributed by atoms with E-state index in [-0.39, 0.29) is 11.6 Å². The van der Waals surface area contributed by atoms with Crippen LogP contribution in [0, 0.1) is 19.8 Å². The molecule has 0 radical (unpaired) electrons. The topological polar surface area (TPSA) is 78.4 Å². The summed E-state index contributed by atoms with van der Waals surface area (Å²) in [6.45, 7) is 6.23. The number of urea groups is 1. The van der Waals surface area contributed by atoms with Gasteiger partial charge in [0, 0.05) is 12.2 Å². The molecule has 1 aromatic carbocycles. The Bertz CT molecular complexity index is 532. The molecule has 0 spiro atoms. The van der Waals surface area contributed by atoms with Crippen LogP contribution in [-0.4, -0.2) is 35.7 Å². The van der Waals surface area contributed by atoms with Gasteiger partial charge >= 0.3 is 12.0 Å². The first kappa shape index (κ1) is 17.4. The normalized spacial score (nSPS) is 11.8. The summed E-state index contributed by atoms with van der Waals surface area (Å²) in [5.74, 6) is 0.376. The number of aromatic carboxylic acids is 1. The second-order valence-electron chi connectivity index (χ2n) is 5.17. The van der Waals surface area contributed by atoms with Gasteiger partial charge in [0.25, 0.3) is 0 Å². The van der Waals surface area contributed by atoms with E-state index in [1.165, 1.54) is 6.07 Å². The van der Waals surface area contributed by atoms with Crippen LogP contribution in [0.4, 0.5) is 10.5 Å². The molecule has 1 unspecified atom stereocenters. The molecule has 2 amide bonds. The average Bonchev–Trinajstić information content (AvgIpc) is 2.40. The first-order valence-electron chi connectivity index (χ1n) is 6.73. The van der Waals surface area contributed by atoms with E-state index in [0.29, 0.717) is 23.7 Å². The van der Waals surface area contributed by atoms with Gasteiger partial charge in [-0.2, -0.15) is 11.8 Å². The van der Waals surface area contributed by atoms with Crippen molar-refractivity contribution >= 4 is 29.4 Å². The summed E-state index contributed by atoms with van der Waals surface area (Å²) in [7, 11) is 0. The van der Waals surface area contributed by atoms with Crippen molar-refractivity contribution in [1.29, 1.82) is 0 Å². The van der Waals surface area contributed by atoms with Crippen LogP contribution in [0.25, 0.3) is 0 Å². The zero-order valence-corrected chi connectivity index (χ0v) is 13.6. The van der Waals surface area contributed by atoms with Gasteiger partial charge in [-0.25, -0.2) is 9.59 Å². The largest absolute Gasteiger partial charge is 0.478 e. The number of benzene rings is 1. The van der Waals surface area contributed by atoms with Gasteiger partial charge in [-0.3, -0.25) is 0 Å². The lowest BCUT2D eigenvalue weighted by atomic mass is 10.0. The van der Waals surface area contributed by atoms with Crippen molar-refractivity contribution in [1.82, 2.24) is 5.32 Å². The highest BCUT2D eigenvalue weighted by Gasteiger charge is 2.12. The number of rotatable bonds is 6. The van der Waals surface area contributed by atoms with Crippen LogP contribution in [0.2, 0.25) is 0 Å². The first-order valence-corrected chi connectivity index (χ1v) is 8.12. The van der Waals surface area contributed by atoms with Crippen LogP contribution >= 0.6 is 11.8 Å². The van der Waals surface area contributed by atoms with E-state index in [0.717, 1.165) is 11.3 Å². The van der Waals surface area contributed by atoms with E-state index in [9.17, 15) is 9.59 Å². The Morgan fingerprint density at radius 3 is 2.57 bits per heavy atom. The SMILES string of the molecule is CSCC(C)CNC(=O)Nc1cc(C)c(C)c(C(=O)O)c1. The van der Waals surface area contributed by atoms with Gasteiger partial charge < -0.3 is 15.7 Å². The number of carboxylic acid groups (broad SMARTS) is 1. The third-order valence-corrected chi connectivity index (χ3v) is 4.12. The summed E-state index contributed by atoms with van der Waals surface area (Å²) in [5, 5.41) is 14.6. The third kappa shape index (κ3) is 5.30. The molecule has 0 bridgehead atoms. The minimum atomic E-state index is -0.992. The maximum Gasteiger partial charge on any atom is 0.336 e. The number of carbonyl (C=O) groups is 2. The Morgan fingerprint density at radius 2 is 2.00 bits per heavy atom. The standard InChI is InChI=1S/C15H22N2O3S/c1-9(8-21-4)7-16-15(20)17-12-5-10(2)11(3)13(6-12)14(18)19/h5-6,9H,7-8H2,1-4H3,(H,18,19)(H2,16,17,20). The second-order valence-corrected chi connectivity index (χ2v) is 6.08. The maximum absolute atomic E-state index is 11.8. The number of aryl methyl sites for hydroxylation is 1. The molecule has 1 aromatic rings. The van der Waals surface area contributed by atoms with Crippen molar-refractivity contribution in [2.75, 3.05) is 23.9 Å². The van der Waals surface area contributed by atoms with Crippen LogP contribution in [0.3, 0.4) is 0 Å². The predicted octanol–water partition coefficient (Wildman–Crippen LogP) is 3.12. The number of hydrogen-bond donors (Lipinski definition) is 3. The highest BCUT2D eigenvalue weighted by Crippen LogP contribution is 2.20. The van der Waals surface area contributed by atoms with Crippen molar-refractivity contribution in [2.24, 2.45) is 5.92 Å². The Hall–Kier alpha value is -1.69. The number of nitrogens with one attached hydrogen (secondary N) is 2. The molecule has 0 aliphatic carbocycles. The lowest BCUT2D eigenvalue weighted by molar-refractivity contribution is 0.0696. The van der Waals surface area contributed by atoms with Crippen LogP contribution in [-0.2, 0) is 0 Å². The number of anilines is 1. The fourth-order valence-electron chi connectivity index (χ4n) is 1.94. The van der Waals surface area contributed by atoms with Gasteiger partial charge in [-0.15, -0.1) is 0 Å². The molecule has 0 fully saturated rings. The molecule has 5 nitrogen and oxygen atoms in total. The summed E-state index contributed by atoms with van der Waals surface area (Å²) in [6.07, 6.45) is 2.03. The molecule has 0 aromatic heterocycles. The highest BCUT2D eigenvalue weighted by atomic mass is 32.2. The summed E-state index contributed by atoms with van der Waals surface area (Å²) >= 11 is 1.74. The molecule has 0 aliphatic heterocycles. The zero-order valence-electron chi connectivity index (χ0n) is 12.8. The van der Waals surface area contributed by atoms with Crippen LogP contribution < -0.4 is 10.6 Å². The van der Waals surface area contributed by atoms with Crippen molar-refractivity contribution in [3.63, 3.8) is 0 Å². The van der Waals surface area contributed by atoms with Crippen molar-refractivity contribution < 1.29 is 14.7 Å². The quantitative estimate of drug-likeness (QED) is 0.754. The van der Waals surface area contributed by atoms with Gasteiger partial charge in [0.15, 0.2) is 0 Å². The van der Waals surface area contributed by atoms with Crippen molar-refractivity contribution in [3.05, 3.63) is 28.8 Å². The number of carboxylic acids is 1. The van der Waals surface area contributed by atoms with E-state index >= 15 is 0 Å². The summed E-state index contributed by atoms with van der Waals surface area (Å²) < 4.78 is 0. The Morgan fingerprint density at radius 1 is 1.33 bits per heavy atom. The molecule has 3 N–H and O–H groups in total. The van der Waals surface area contributed by atoms with Gasteiger partial charge in [-0.1, -0.05) is 6.92 Å². The van der Waals surface area contributed by atoms with Crippen LogP contribution in [0.1, 0.15) is 28.4 Å². The van der Waals surface area contributed by atoms with Crippen molar-refractivity contribution in [3.8, 4) is 0 Å². The summed E-state index contributed by atoms with van der Waals surface area (Å²) in [5.41, 5.74) is 2.24. The molecule has 1 rings (SSSR count). The van der Waals surface area contributed by atoms with Gasteiger partial charge in [0.05, 0.1) is 5.56 Å². The average molecular weight is 310 g/mol. The molecule has 21 heavy (non-hydrogen) atoms. The highest BCUT2D eigenvalue weighted by molar-refractivity contribution is 7.98. The Kier molecular flexibility index (Phi) is 6.55. The minimum absolute atomic E-state index is 0.209. The second kappa shape index (κ2) is 7.93. The lowest BCUT2D eigenvalue weighted by Crippen LogP contribution is -2.33. The number of hydrogen-bond acceptors (Lipinski definition) is 3. The lowest BCUT2D eigenvalue weighted by Gasteiger charge is -2.13. The van der Waals surface area contributed by atoms with Crippen molar-refractivity contribution in [2.45, 2.75) is 20.8 Å². The van der Waals surface area contributed by atoms with Crippen LogP contribution in [0.15, 0.2) is 12.1 Å². The van der Waals surface area contributed by atoms with Gasteiger partial charge in [0.2, 0.25) is 0 Å². The van der Waals surface area contributed by atoms with Gasteiger partial charge in [-0.05, 0) is 55.0 Å². The fraction of sp³-hybridized carbons (Fsp3) is 0.467. The molecule has 0 heterocycles. The number of thioether (sulfide) groups is 1. The molecular weight excluding hydrogens is 288 g/mol. The molecule has 6 heteroatoms. The van der Waals surface area contributed by atoms with E-state index in [1.54, 1.807) is 24.8 Å². The van der Waals surface area contributed by atoms with E-state index in [4.69, 9.17) is 5.11 Å². The smallest absolute Gasteiger partial charge is 0.336 e. The third-order valence-electron chi connectivity index (χ3n) is 3.22. The molecular formula is C15H22N2O3S. The first-order chi connectivity index (χ1) is 9.85. The maximum atomic E-state index is 11.8. The number of carbonyl (C=O) groups excluding carboxylic acids is 1. The number of amides is 2. The van der Waals surface area contributed by atoms with E-state index in [1.807, 2.05) is 13.2 Å². The van der Waals surface area contributed by atoms with E-state index in [2.05, 4.69) is 17.6 Å². The summed E-state index contributed by atoms with van der Waals surface area (Å²) in [6, 6.07) is 2.94. The Labute approximate surface area is 129 Å². The zero-order chi connectivity index (χ0) is 16.0.